The van der Waals surface area contributed by atoms with Gasteiger partial charge in [0.25, 0.3) is 15.0 Å². The third-order valence-corrected chi connectivity index (χ3v) is 5.10. The predicted octanol–water partition coefficient (Wildman–Crippen LogP) is 3.11. The second kappa shape index (κ2) is 5.92. The highest BCUT2D eigenvalue weighted by Gasteiger charge is 2.22. The van der Waals surface area contributed by atoms with Gasteiger partial charge in [-0.25, -0.2) is 8.42 Å². The Morgan fingerprint density at radius 3 is 2.60 bits per heavy atom. The highest BCUT2D eigenvalue weighted by atomic mass is 35.7. The van der Waals surface area contributed by atoms with Crippen molar-refractivity contribution in [2.75, 3.05) is 6.54 Å². The van der Waals surface area contributed by atoms with E-state index in [0.29, 0.717) is 12.1 Å². The molecule has 0 heterocycles. The molecule has 1 aromatic rings. The third-order valence-electron chi connectivity index (χ3n) is 3.38. The Morgan fingerprint density at radius 1 is 1.40 bits per heavy atom. The smallest absolute Gasteiger partial charge is 0.261 e. The first kappa shape index (κ1) is 15.6. The highest BCUT2D eigenvalue weighted by molar-refractivity contribution is 8.13. The zero-order valence-corrected chi connectivity index (χ0v) is 13.3. The standard InChI is InChI=1S/C13H15Cl2NO3S/c1-8-11(13(17)16-5-4-9-2-3-9)6-10(7-12(8)14)20(15,18)19/h6-7,9H,2-5H2,1H3,(H,16,17). The summed E-state index contributed by atoms with van der Waals surface area (Å²) in [6.07, 6.45) is 3.40. The maximum Gasteiger partial charge on any atom is 0.261 e. The fourth-order valence-corrected chi connectivity index (χ4v) is 2.99. The molecule has 1 aliphatic rings. The fraction of sp³-hybridized carbons (Fsp3) is 0.462. The van der Waals surface area contributed by atoms with Gasteiger partial charge in [-0.15, -0.1) is 0 Å². The van der Waals surface area contributed by atoms with Crippen LogP contribution < -0.4 is 5.32 Å². The maximum absolute atomic E-state index is 12.1. The average molecular weight is 336 g/mol. The number of nitrogens with one attached hydrogen (secondary N) is 1. The molecule has 2 rings (SSSR count). The molecular weight excluding hydrogens is 321 g/mol. The van der Waals surface area contributed by atoms with Gasteiger partial charge in [0.2, 0.25) is 0 Å². The Kier molecular flexibility index (Phi) is 4.62. The first-order valence-electron chi connectivity index (χ1n) is 6.32. The van der Waals surface area contributed by atoms with Crippen molar-refractivity contribution in [1.29, 1.82) is 0 Å². The minimum absolute atomic E-state index is 0.165. The van der Waals surface area contributed by atoms with Crippen LogP contribution in [0.4, 0.5) is 0 Å². The summed E-state index contributed by atoms with van der Waals surface area (Å²) in [5.41, 5.74) is 0.784. The molecule has 0 bridgehead atoms. The monoisotopic (exact) mass is 335 g/mol. The van der Waals surface area contributed by atoms with Crippen molar-refractivity contribution in [1.82, 2.24) is 5.32 Å². The molecule has 0 radical (unpaired) electrons. The molecule has 1 N–H and O–H groups in total. The van der Waals surface area contributed by atoms with Crippen LogP contribution in [0.1, 0.15) is 35.2 Å². The minimum atomic E-state index is -3.91. The van der Waals surface area contributed by atoms with E-state index in [4.69, 9.17) is 22.3 Å². The number of hydrogen-bond donors (Lipinski definition) is 1. The summed E-state index contributed by atoms with van der Waals surface area (Å²) < 4.78 is 22.7. The largest absolute Gasteiger partial charge is 0.352 e. The Morgan fingerprint density at radius 2 is 2.05 bits per heavy atom. The van der Waals surface area contributed by atoms with Crippen molar-refractivity contribution in [3.05, 3.63) is 28.3 Å². The van der Waals surface area contributed by atoms with E-state index in [1.54, 1.807) is 6.92 Å². The van der Waals surface area contributed by atoms with Crippen LogP contribution in [0, 0.1) is 12.8 Å². The van der Waals surface area contributed by atoms with Gasteiger partial charge in [0.1, 0.15) is 0 Å². The molecule has 0 unspecified atom stereocenters. The number of rotatable bonds is 5. The van der Waals surface area contributed by atoms with Crippen LogP contribution >= 0.6 is 22.3 Å². The van der Waals surface area contributed by atoms with Gasteiger partial charge in [0.15, 0.2) is 0 Å². The number of halogens is 2. The molecule has 0 atom stereocenters. The molecule has 1 saturated carbocycles. The molecule has 7 heteroatoms. The summed E-state index contributed by atoms with van der Waals surface area (Å²) in [4.78, 5) is 11.9. The molecule has 0 aromatic heterocycles. The van der Waals surface area contributed by atoms with Crippen LogP contribution in [0.5, 0.6) is 0 Å². The van der Waals surface area contributed by atoms with E-state index in [1.807, 2.05) is 0 Å². The lowest BCUT2D eigenvalue weighted by Crippen LogP contribution is -2.25. The second-order valence-corrected chi connectivity index (χ2v) is 7.98. The average Bonchev–Trinajstić information content (AvgIpc) is 3.15. The van der Waals surface area contributed by atoms with Gasteiger partial charge < -0.3 is 5.32 Å². The number of amides is 1. The number of benzene rings is 1. The zero-order chi connectivity index (χ0) is 14.9. The number of hydrogen-bond acceptors (Lipinski definition) is 3. The summed E-state index contributed by atoms with van der Waals surface area (Å²) >= 11 is 5.96. The van der Waals surface area contributed by atoms with Crippen molar-refractivity contribution in [2.45, 2.75) is 31.1 Å². The highest BCUT2D eigenvalue weighted by Crippen LogP contribution is 2.32. The molecule has 1 aliphatic carbocycles. The first-order valence-corrected chi connectivity index (χ1v) is 9.01. The van der Waals surface area contributed by atoms with E-state index < -0.39 is 9.05 Å². The number of carbonyl (C=O) groups excluding carboxylic acids is 1. The van der Waals surface area contributed by atoms with Gasteiger partial charge in [-0.05, 0) is 37.0 Å². The second-order valence-electron chi connectivity index (χ2n) is 5.00. The fourth-order valence-electron chi connectivity index (χ4n) is 1.92. The van der Waals surface area contributed by atoms with Crippen LogP contribution in [-0.2, 0) is 9.05 Å². The van der Waals surface area contributed by atoms with Crippen molar-refractivity contribution < 1.29 is 13.2 Å². The topological polar surface area (TPSA) is 63.2 Å². The van der Waals surface area contributed by atoms with Gasteiger partial charge in [-0.1, -0.05) is 24.4 Å². The van der Waals surface area contributed by atoms with E-state index in [2.05, 4.69) is 5.32 Å². The molecule has 1 amide bonds. The molecule has 0 aliphatic heterocycles. The van der Waals surface area contributed by atoms with Gasteiger partial charge in [-0.3, -0.25) is 4.79 Å². The summed E-state index contributed by atoms with van der Waals surface area (Å²) in [5, 5.41) is 2.99. The summed E-state index contributed by atoms with van der Waals surface area (Å²) in [7, 11) is 1.38. The van der Waals surface area contributed by atoms with Crippen molar-refractivity contribution in [3.63, 3.8) is 0 Å². The third kappa shape index (κ3) is 3.87. The molecule has 0 spiro atoms. The maximum atomic E-state index is 12.1. The first-order chi connectivity index (χ1) is 9.29. The predicted molar refractivity (Wildman–Crippen MR) is 78.9 cm³/mol. The SMILES string of the molecule is Cc1c(Cl)cc(S(=O)(=O)Cl)cc1C(=O)NCCC1CC1. The molecule has 110 valence electrons. The Bertz CT molecular complexity index is 639. The summed E-state index contributed by atoms with van der Waals surface area (Å²) in [6.45, 7) is 2.25. The van der Waals surface area contributed by atoms with E-state index in [1.165, 1.54) is 25.0 Å². The summed E-state index contributed by atoms with van der Waals surface area (Å²) in [5.74, 6) is 0.391. The van der Waals surface area contributed by atoms with E-state index in [-0.39, 0.29) is 21.4 Å². The Hall–Kier alpha value is -0.780. The zero-order valence-electron chi connectivity index (χ0n) is 10.9. The quantitative estimate of drug-likeness (QED) is 0.841. The van der Waals surface area contributed by atoms with Gasteiger partial charge in [0, 0.05) is 27.8 Å². The van der Waals surface area contributed by atoms with Gasteiger partial charge >= 0.3 is 0 Å². The Balaban J connectivity index is 2.20. The van der Waals surface area contributed by atoms with E-state index >= 15 is 0 Å². The lowest BCUT2D eigenvalue weighted by molar-refractivity contribution is 0.0952. The number of carbonyl (C=O) groups is 1. The molecule has 20 heavy (non-hydrogen) atoms. The van der Waals surface area contributed by atoms with E-state index in [0.717, 1.165) is 12.3 Å². The Labute approximate surface area is 127 Å². The van der Waals surface area contributed by atoms with Crippen LogP contribution in [-0.4, -0.2) is 20.9 Å². The van der Waals surface area contributed by atoms with Crippen LogP contribution in [0.15, 0.2) is 17.0 Å². The van der Waals surface area contributed by atoms with Gasteiger partial charge in [-0.2, -0.15) is 0 Å². The minimum Gasteiger partial charge on any atom is -0.352 e. The van der Waals surface area contributed by atoms with Crippen molar-refractivity contribution >= 4 is 37.2 Å². The van der Waals surface area contributed by atoms with E-state index in [9.17, 15) is 13.2 Å². The lowest BCUT2D eigenvalue weighted by Gasteiger charge is -2.10. The van der Waals surface area contributed by atoms with Crippen LogP contribution in [0.25, 0.3) is 0 Å². The molecule has 1 aromatic carbocycles. The molecule has 1 fully saturated rings. The van der Waals surface area contributed by atoms with Gasteiger partial charge in [0.05, 0.1) is 4.90 Å². The molecular formula is C13H15Cl2NO3S. The normalized spacial score (nSPS) is 15.2. The lowest BCUT2D eigenvalue weighted by atomic mass is 10.1. The summed E-state index contributed by atoms with van der Waals surface area (Å²) in [6, 6.07) is 2.51. The van der Waals surface area contributed by atoms with Crippen molar-refractivity contribution in [3.8, 4) is 0 Å². The van der Waals surface area contributed by atoms with Crippen LogP contribution in [0.3, 0.4) is 0 Å². The molecule has 0 saturated heterocycles. The van der Waals surface area contributed by atoms with Crippen LogP contribution in [0.2, 0.25) is 5.02 Å². The van der Waals surface area contributed by atoms with Crippen molar-refractivity contribution in [2.24, 2.45) is 5.92 Å². The molecule has 4 nitrogen and oxygen atoms in total.